The van der Waals surface area contributed by atoms with Gasteiger partial charge in [0.25, 0.3) is 0 Å². The van der Waals surface area contributed by atoms with E-state index in [0.717, 1.165) is 12.0 Å². The molecule has 20 heavy (non-hydrogen) atoms. The molecule has 2 unspecified atom stereocenters. The zero-order chi connectivity index (χ0) is 15.3. The third-order valence-electron chi connectivity index (χ3n) is 3.79. The number of primary amides is 1. The van der Waals surface area contributed by atoms with Crippen LogP contribution in [0.5, 0.6) is 0 Å². The fourth-order valence-corrected chi connectivity index (χ4v) is 2.46. The second kappa shape index (κ2) is 6.86. The molecule has 1 amide bonds. The van der Waals surface area contributed by atoms with Crippen LogP contribution in [0.3, 0.4) is 0 Å². The van der Waals surface area contributed by atoms with Crippen molar-refractivity contribution in [1.82, 2.24) is 4.90 Å². The highest BCUT2D eigenvalue weighted by Crippen LogP contribution is 2.21. The molecule has 1 aromatic rings. The van der Waals surface area contributed by atoms with Crippen molar-refractivity contribution in [2.24, 2.45) is 17.4 Å². The summed E-state index contributed by atoms with van der Waals surface area (Å²) in [5.41, 5.74) is 11.5. The lowest BCUT2D eigenvalue weighted by atomic mass is 9.89. The van der Waals surface area contributed by atoms with Crippen molar-refractivity contribution in [3.05, 3.63) is 35.9 Å². The Morgan fingerprint density at radius 3 is 2.25 bits per heavy atom. The van der Waals surface area contributed by atoms with E-state index in [1.54, 1.807) is 0 Å². The second-order valence-corrected chi connectivity index (χ2v) is 6.10. The number of carbonyl (C=O) groups is 1. The number of nitrogens with zero attached hydrogens (tertiary/aromatic N) is 1. The summed E-state index contributed by atoms with van der Waals surface area (Å²) in [6, 6.07) is 9.70. The van der Waals surface area contributed by atoms with Crippen LogP contribution in [-0.2, 0) is 10.3 Å². The molecule has 2 atom stereocenters. The van der Waals surface area contributed by atoms with Gasteiger partial charge in [-0.3, -0.25) is 4.79 Å². The van der Waals surface area contributed by atoms with Crippen LogP contribution in [0.25, 0.3) is 0 Å². The number of likely N-dealkylation sites (N-methyl/N-ethyl adjacent to an activating group) is 1. The molecule has 1 rings (SSSR count). The molecule has 0 aliphatic rings. The minimum Gasteiger partial charge on any atom is -0.368 e. The van der Waals surface area contributed by atoms with Crippen LogP contribution in [0.15, 0.2) is 30.3 Å². The second-order valence-electron chi connectivity index (χ2n) is 6.10. The summed E-state index contributed by atoms with van der Waals surface area (Å²) in [5.74, 6) is 0.109. The molecule has 0 heterocycles. The first-order valence-electron chi connectivity index (χ1n) is 7.12. The summed E-state index contributed by atoms with van der Waals surface area (Å²) in [6.45, 7) is 6.93. The van der Waals surface area contributed by atoms with Crippen molar-refractivity contribution in [1.29, 1.82) is 0 Å². The smallest absolute Gasteiger partial charge is 0.243 e. The molecule has 0 bridgehead atoms. The number of hydrogen-bond donors (Lipinski definition) is 2. The summed E-state index contributed by atoms with van der Waals surface area (Å²) in [6.07, 6.45) is 1.06. The van der Waals surface area contributed by atoms with E-state index >= 15 is 0 Å². The van der Waals surface area contributed by atoms with Crippen LogP contribution in [-0.4, -0.2) is 30.4 Å². The Balaban J connectivity index is 2.91. The topological polar surface area (TPSA) is 72.3 Å². The number of amides is 1. The average Bonchev–Trinajstić information content (AvgIpc) is 2.38. The zero-order valence-electron chi connectivity index (χ0n) is 13.0. The van der Waals surface area contributed by atoms with E-state index in [4.69, 9.17) is 11.5 Å². The first-order chi connectivity index (χ1) is 9.27. The molecular formula is C16H27N3O. The lowest BCUT2D eigenvalue weighted by Crippen LogP contribution is -2.57. The molecule has 0 saturated carbocycles. The first kappa shape index (κ1) is 16.7. The Hall–Kier alpha value is -1.39. The van der Waals surface area contributed by atoms with Gasteiger partial charge in [-0.2, -0.15) is 0 Å². The molecule has 1 aromatic carbocycles. The minimum absolute atomic E-state index is 0.348. The van der Waals surface area contributed by atoms with E-state index in [9.17, 15) is 4.79 Å². The Kier molecular flexibility index (Phi) is 5.72. The largest absolute Gasteiger partial charge is 0.368 e. The van der Waals surface area contributed by atoms with Crippen molar-refractivity contribution in [3.63, 3.8) is 0 Å². The quantitative estimate of drug-likeness (QED) is 0.796. The van der Waals surface area contributed by atoms with Gasteiger partial charge in [0.1, 0.15) is 5.54 Å². The number of hydrogen-bond acceptors (Lipinski definition) is 3. The van der Waals surface area contributed by atoms with E-state index in [2.05, 4.69) is 25.7 Å². The van der Waals surface area contributed by atoms with Gasteiger partial charge >= 0.3 is 0 Å². The Morgan fingerprint density at radius 1 is 1.25 bits per heavy atom. The van der Waals surface area contributed by atoms with Crippen LogP contribution >= 0.6 is 0 Å². The van der Waals surface area contributed by atoms with Crippen molar-refractivity contribution >= 4 is 5.91 Å². The highest BCUT2D eigenvalue weighted by atomic mass is 16.1. The molecule has 0 fully saturated rings. The molecule has 0 radical (unpaired) electrons. The van der Waals surface area contributed by atoms with Gasteiger partial charge in [-0.1, -0.05) is 44.2 Å². The van der Waals surface area contributed by atoms with Gasteiger partial charge in [-0.15, -0.1) is 0 Å². The Bertz CT molecular complexity index is 433. The molecular weight excluding hydrogens is 250 g/mol. The van der Waals surface area contributed by atoms with Crippen LogP contribution in [0.4, 0.5) is 0 Å². The normalized spacial score (nSPS) is 16.1. The fraction of sp³-hybridized carbons (Fsp3) is 0.562. The summed E-state index contributed by atoms with van der Waals surface area (Å²) >= 11 is 0. The number of benzene rings is 1. The molecule has 0 aromatic heterocycles. The highest BCUT2D eigenvalue weighted by molar-refractivity contribution is 5.86. The van der Waals surface area contributed by atoms with Crippen molar-refractivity contribution < 1.29 is 4.79 Å². The third kappa shape index (κ3) is 4.05. The van der Waals surface area contributed by atoms with Crippen molar-refractivity contribution in [3.8, 4) is 0 Å². The van der Waals surface area contributed by atoms with Crippen molar-refractivity contribution in [2.75, 3.05) is 13.6 Å². The lowest BCUT2D eigenvalue weighted by molar-refractivity contribution is -0.124. The van der Waals surface area contributed by atoms with Gasteiger partial charge in [-0.25, -0.2) is 0 Å². The maximum atomic E-state index is 11.9. The van der Waals surface area contributed by atoms with Gasteiger partial charge in [0.05, 0.1) is 0 Å². The summed E-state index contributed by atoms with van der Waals surface area (Å²) in [5, 5.41) is 0. The number of nitrogens with two attached hydrogens (primary N) is 2. The monoisotopic (exact) mass is 277 g/mol. The van der Waals surface area contributed by atoms with Crippen LogP contribution < -0.4 is 11.5 Å². The fourth-order valence-electron chi connectivity index (χ4n) is 2.46. The van der Waals surface area contributed by atoms with Gasteiger partial charge in [0.2, 0.25) is 5.91 Å². The Labute approximate surface area is 122 Å². The standard InChI is InChI=1S/C16H27N3O/c1-12(2)10-13(3)19(4)11-16(18,15(17)20)14-8-6-5-7-9-14/h5-9,12-13H,10-11,18H2,1-4H3,(H2,17,20). The molecule has 112 valence electrons. The molecule has 0 aliphatic heterocycles. The highest BCUT2D eigenvalue weighted by Gasteiger charge is 2.36. The predicted octanol–water partition coefficient (Wildman–Crippen LogP) is 1.69. The average molecular weight is 277 g/mol. The van der Waals surface area contributed by atoms with Crippen LogP contribution in [0, 0.1) is 5.92 Å². The van der Waals surface area contributed by atoms with E-state index in [1.807, 2.05) is 37.4 Å². The van der Waals surface area contributed by atoms with Crippen LogP contribution in [0.1, 0.15) is 32.8 Å². The van der Waals surface area contributed by atoms with Crippen LogP contribution in [0.2, 0.25) is 0 Å². The van der Waals surface area contributed by atoms with Crippen molar-refractivity contribution in [2.45, 2.75) is 38.8 Å². The van der Waals surface area contributed by atoms with Gasteiger partial charge in [-0.05, 0) is 31.9 Å². The Morgan fingerprint density at radius 2 is 1.80 bits per heavy atom. The summed E-state index contributed by atoms with van der Waals surface area (Å²) < 4.78 is 0. The lowest BCUT2D eigenvalue weighted by Gasteiger charge is -2.35. The third-order valence-corrected chi connectivity index (χ3v) is 3.79. The molecule has 0 aliphatic carbocycles. The SMILES string of the molecule is CC(C)CC(C)N(C)CC(N)(C(N)=O)c1ccccc1. The maximum Gasteiger partial charge on any atom is 0.243 e. The molecule has 4 heteroatoms. The number of rotatable bonds is 7. The molecule has 0 spiro atoms. The first-order valence-corrected chi connectivity index (χ1v) is 7.12. The molecule has 4 N–H and O–H groups in total. The van der Waals surface area contributed by atoms with E-state index in [0.29, 0.717) is 18.5 Å². The van der Waals surface area contributed by atoms with E-state index in [-0.39, 0.29) is 0 Å². The minimum atomic E-state index is -1.15. The van der Waals surface area contributed by atoms with E-state index in [1.165, 1.54) is 0 Å². The summed E-state index contributed by atoms with van der Waals surface area (Å²) in [4.78, 5) is 14.0. The number of carbonyl (C=O) groups excluding carboxylic acids is 1. The molecule has 4 nitrogen and oxygen atoms in total. The predicted molar refractivity (Wildman–Crippen MR) is 83.0 cm³/mol. The van der Waals surface area contributed by atoms with Gasteiger partial charge in [0.15, 0.2) is 0 Å². The van der Waals surface area contributed by atoms with Gasteiger partial charge < -0.3 is 16.4 Å². The molecule has 0 saturated heterocycles. The zero-order valence-corrected chi connectivity index (χ0v) is 13.0. The van der Waals surface area contributed by atoms with E-state index < -0.39 is 11.4 Å². The maximum absolute atomic E-state index is 11.9. The summed E-state index contributed by atoms with van der Waals surface area (Å²) in [7, 11) is 1.99. The van der Waals surface area contributed by atoms with Gasteiger partial charge in [0, 0.05) is 12.6 Å².